The minimum atomic E-state index is -0.941. The lowest BCUT2D eigenvalue weighted by Crippen LogP contribution is -2.36. The first-order valence-corrected chi connectivity index (χ1v) is 6.40. The van der Waals surface area contributed by atoms with Crippen molar-refractivity contribution < 1.29 is 19.5 Å². The van der Waals surface area contributed by atoms with Crippen molar-refractivity contribution in [2.45, 2.75) is 25.8 Å². The van der Waals surface area contributed by atoms with Crippen LogP contribution in [0.1, 0.15) is 19.8 Å². The molecule has 0 radical (unpaired) electrons. The summed E-state index contributed by atoms with van der Waals surface area (Å²) in [5.41, 5.74) is 0. The zero-order valence-corrected chi connectivity index (χ0v) is 10.5. The van der Waals surface area contributed by atoms with Crippen molar-refractivity contribution >= 4 is 28.9 Å². The van der Waals surface area contributed by atoms with E-state index in [1.54, 1.807) is 11.8 Å². The van der Waals surface area contributed by atoms with Gasteiger partial charge in [0.1, 0.15) is 0 Å². The van der Waals surface area contributed by atoms with Gasteiger partial charge >= 0.3 is 5.97 Å². The highest BCUT2D eigenvalue weighted by Crippen LogP contribution is 2.16. The van der Waals surface area contributed by atoms with E-state index in [1.165, 1.54) is 11.8 Å². The Morgan fingerprint density at radius 2 is 2.29 bits per heavy atom. The monoisotopic (exact) mass is 260 g/mol. The lowest BCUT2D eigenvalue weighted by atomic mass is 10.2. The van der Waals surface area contributed by atoms with Gasteiger partial charge in [-0.1, -0.05) is 11.8 Å². The number of nitrogens with zero attached hydrogens (tertiary/aromatic N) is 1. The smallest absolute Gasteiger partial charge is 0.305 e. The number of hydrogen-bond donors (Lipinski definition) is 2. The fourth-order valence-electron chi connectivity index (χ4n) is 1.53. The Morgan fingerprint density at radius 1 is 1.59 bits per heavy atom. The van der Waals surface area contributed by atoms with Crippen LogP contribution >= 0.6 is 11.8 Å². The molecule has 96 valence electrons. The number of carboxylic acid groups (broad SMARTS) is 1. The standard InChI is InChI=1S/C10H16N2O4S/c1-7(6-9(14)15)11-8(13)2-3-12-4-5-17-10(12)16/h7H,2-6H2,1H3,(H,11,13)(H,14,15)/t7-/m0/s1. The number of carbonyl (C=O) groups excluding carboxylic acids is 2. The van der Waals surface area contributed by atoms with Gasteiger partial charge in [-0.15, -0.1) is 0 Å². The van der Waals surface area contributed by atoms with Crippen LogP contribution in [0.2, 0.25) is 0 Å². The van der Waals surface area contributed by atoms with E-state index in [4.69, 9.17) is 5.11 Å². The summed E-state index contributed by atoms with van der Waals surface area (Å²) in [6, 6.07) is -0.386. The van der Waals surface area contributed by atoms with Gasteiger partial charge in [0.05, 0.1) is 6.42 Å². The van der Waals surface area contributed by atoms with Crippen LogP contribution in [0.15, 0.2) is 0 Å². The Labute approximate surface area is 104 Å². The number of nitrogens with one attached hydrogen (secondary N) is 1. The first-order chi connectivity index (χ1) is 7.99. The summed E-state index contributed by atoms with van der Waals surface area (Å²) >= 11 is 1.26. The topological polar surface area (TPSA) is 86.7 Å². The molecule has 1 rings (SSSR count). The molecule has 1 saturated heterocycles. The second-order valence-corrected chi connectivity index (χ2v) is 4.96. The Kier molecular flexibility index (Phi) is 5.27. The van der Waals surface area contributed by atoms with Gasteiger partial charge in [0.15, 0.2) is 0 Å². The average Bonchev–Trinajstić information content (AvgIpc) is 2.59. The third-order valence-electron chi connectivity index (χ3n) is 2.34. The van der Waals surface area contributed by atoms with Crippen LogP contribution in [-0.4, -0.2) is 52.0 Å². The molecule has 7 heteroatoms. The molecule has 0 bridgehead atoms. The number of amides is 2. The summed E-state index contributed by atoms with van der Waals surface area (Å²) in [7, 11) is 0. The van der Waals surface area contributed by atoms with Crippen LogP contribution in [0.25, 0.3) is 0 Å². The zero-order valence-electron chi connectivity index (χ0n) is 9.64. The highest BCUT2D eigenvalue weighted by atomic mass is 32.2. The van der Waals surface area contributed by atoms with Gasteiger partial charge in [-0.3, -0.25) is 14.4 Å². The SMILES string of the molecule is C[C@@H](CC(=O)O)NC(=O)CCN1CCSC1=O. The molecule has 1 atom stereocenters. The third kappa shape index (κ3) is 5.08. The number of aliphatic carboxylic acids is 1. The van der Waals surface area contributed by atoms with E-state index in [9.17, 15) is 14.4 Å². The number of carboxylic acids is 1. The lowest BCUT2D eigenvalue weighted by molar-refractivity contribution is -0.137. The van der Waals surface area contributed by atoms with Crippen LogP contribution in [0.4, 0.5) is 4.79 Å². The summed E-state index contributed by atoms with van der Waals surface area (Å²) in [5, 5.41) is 11.1. The minimum Gasteiger partial charge on any atom is -0.481 e. The van der Waals surface area contributed by atoms with E-state index in [1.807, 2.05) is 0 Å². The molecule has 2 N–H and O–H groups in total. The highest BCUT2D eigenvalue weighted by molar-refractivity contribution is 8.13. The molecule has 0 aromatic carbocycles. The molecule has 17 heavy (non-hydrogen) atoms. The van der Waals surface area contributed by atoms with Crippen molar-refractivity contribution in [1.82, 2.24) is 10.2 Å². The van der Waals surface area contributed by atoms with E-state index < -0.39 is 5.97 Å². The predicted molar refractivity (Wildman–Crippen MR) is 63.9 cm³/mol. The fourth-order valence-corrected chi connectivity index (χ4v) is 2.38. The molecule has 0 spiro atoms. The molecule has 2 amide bonds. The van der Waals surface area contributed by atoms with Gasteiger partial charge in [0.25, 0.3) is 5.24 Å². The maximum atomic E-state index is 11.4. The van der Waals surface area contributed by atoms with Gasteiger partial charge in [0.2, 0.25) is 5.91 Å². The summed E-state index contributed by atoms with van der Waals surface area (Å²) in [6.45, 7) is 2.72. The van der Waals surface area contributed by atoms with E-state index in [0.29, 0.717) is 13.1 Å². The number of carbonyl (C=O) groups is 3. The Balaban J connectivity index is 2.20. The van der Waals surface area contributed by atoms with Crippen molar-refractivity contribution in [1.29, 1.82) is 0 Å². The largest absolute Gasteiger partial charge is 0.481 e. The molecule has 1 heterocycles. The van der Waals surface area contributed by atoms with Crippen molar-refractivity contribution in [3.63, 3.8) is 0 Å². The van der Waals surface area contributed by atoms with E-state index >= 15 is 0 Å². The number of thioether (sulfide) groups is 1. The highest BCUT2D eigenvalue weighted by Gasteiger charge is 2.21. The number of rotatable bonds is 6. The van der Waals surface area contributed by atoms with Crippen LogP contribution in [-0.2, 0) is 9.59 Å². The van der Waals surface area contributed by atoms with Gasteiger partial charge in [0, 0.05) is 31.3 Å². The molecular formula is C10H16N2O4S. The van der Waals surface area contributed by atoms with Crippen LogP contribution in [0, 0.1) is 0 Å². The normalized spacial score (nSPS) is 17.0. The second kappa shape index (κ2) is 6.48. The lowest BCUT2D eigenvalue weighted by Gasteiger charge is -2.15. The molecule has 0 unspecified atom stereocenters. The van der Waals surface area contributed by atoms with Crippen molar-refractivity contribution in [2.75, 3.05) is 18.8 Å². The van der Waals surface area contributed by atoms with Crippen molar-refractivity contribution in [3.8, 4) is 0 Å². The van der Waals surface area contributed by atoms with Crippen molar-refractivity contribution in [2.24, 2.45) is 0 Å². The molecular weight excluding hydrogens is 244 g/mol. The predicted octanol–water partition coefficient (Wildman–Crippen LogP) is 0.525. The van der Waals surface area contributed by atoms with Gasteiger partial charge in [-0.2, -0.15) is 0 Å². The summed E-state index contributed by atoms with van der Waals surface area (Å²) in [4.78, 5) is 34.7. The second-order valence-electron chi connectivity index (χ2n) is 3.92. The molecule has 1 aliphatic rings. The first kappa shape index (κ1) is 13.8. The van der Waals surface area contributed by atoms with Gasteiger partial charge < -0.3 is 15.3 Å². The molecule has 0 aromatic heterocycles. The number of hydrogen-bond acceptors (Lipinski definition) is 4. The zero-order chi connectivity index (χ0) is 12.8. The summed E-state index contributed by atoms with van der Waals surface area (Å²) < 4.78 is 0. The molecule has 6 nitrogen and oxygen atoms in total. The minimum absolute atomic E-state index is 0.0105. The molecule has 0 saturated carbocycles. The quantitative estimate of drug-likeness (QED) is 0.727. The Hall–Kier alpha value is -1.24. The molecule has 0 aromatic rings. The first-order valence-electron chi connectivity index (χ1n) is 5.42. The van der Waals surface area contributed by atoms with Crippen LogP contribution in [0.3, 0.4) is 0 Å². The molecule has 1 aliphatic heterocycles. The van der Waals surface area contributed by atoms with Crippen LogP contribution < -0.4 is 5.32 Å². The van der Waals surface area contributed by atoms with Gasteiger partial charge in [-0.05, 0) is 6.92 Å². The average molecular weight is 260 g/mol. The summed E-state index contributed by atoms with van der Waals surface area (Å²) in [5.74, 6) is -0.386. The van der Waals surface area contributed by atoms with Gasteiger partial charge in [-0.25, -0.2) is 0 Å². The summed E-state index contributed by atoms with van der Waals surface area (Å²) in [6.07, 6.45) is 0.125. The molecule has 0 aliphatic carbocycles. The Bertz CT molecular complexity index is 321. The van der Waals surface area contributed by atoms with E-state index in [0.717, 1.165) is 5.75 Å². The maximum Gasteiger partial charge on any atom is 0.305 e. The molecule has 1 fully saturated rings. The maximum absolute atomic E-state index is 11.4. The third-order valence-corrected chi connectivity index (χ3v) is 3.23. The van der Waals surface area contributed by atoms with Crippen molar-refractivity contribution in [3.05, 3.63) is 0 Å². The van der Waals surface area contributed by atoms with Crippen LogP contribution in [0.5, 0.6) is 0 Å². The van der Waals surface area contributed by atoms with E-state index in [-0.39, 0.29) is 30.0 Å². The fraction of sp³-hybridized carbons (Fsp3) is 0.700. The Morgan fingerprint density at radius 3 is 2.82 bits per heavy atom. The van der Waals surface area contributed by atoms with E-state index in [2.05, 4.69) is 5.32 Å².